The standard InChI is InChI=1S/C10H15NO4/c1-2-6-14-10(13)15-8-5-3-4-7(8)9(11)12/h2,7-8H,1,3-6H2,(H2,11,12)/t7-,8+/m0/s1. The van der Waals surface area contributed by atoms with Crippen molar-refractivity contribution in [2.24, 2.45) is 11.7 Å². The van der Waals surface area contributed by atoms with Gasteiger partial charge in [0.15, 0.2) is 0 Å². The Kier molecular flexibility index (Phi) is 4.15. The molecule has 0 spiro atoms. The van der Waals surface area contributed by atoms with Crippen LogP contribution in [0.25, 0.3) is 0 Å². The first-order valence-electron chi connectivity index (χ1n) is 4.88. The molecule has 5 heteroatoms. The zero-order chi connectivity index (χ0) is 11.3. The first-order valence-corrected chi connectivity index (χ1v) is 4.88. The number of hydrogen-bond donors (Lipinski definition) is 1. The van der Waals surface area contributed by atoms with Crippen molar-refractivity contribution >= 4 is 12.1 Å². The monoisotopic (exact) mass is 213 g/mol. The van der Waals surface area contributed by atoms with Crippen molar-refractivity contribution in [3.8, 4) is 0 Å². The van der Waals surface area contributed by atoms with Gasteiger partial charge in [0.2, 0.25) is 5.91 Å². The molecule has 1 aliphatic rings. The Morgan fingerprint density at radius 3 is 2.80 bits per heavy atom. The fourth-order valence-electron chi connectivity index (χ4n) is 1.68. The van der Waals surface area contributed by atoms with Crippen LogP contribution in [0.1, 0.15) is 19.3 Å². The summed E-state index contributed by atoms with van der Waals surface area (Å²) < 4.78 is 9.63. The minimum absolute atomic E-state index is 0.104. The van der Waals surface area contributed by atoms with Crippen LogP contribution >= 0.6 is 0 Å². The van der Waals surface area contributed by atoms with Gasteiger partial charge >= 0.3 is 6.16 Å². The molecule has 1 fully saturated rings. The van der Waals surface area contributed by atoms with Gasteiger partial charge < -0.3 is 15.2 Å². The topological polar surface area (TPSA) is 78.6 Å². The van der Waals surface area contributed by atoms with Crippen LogP contribution in [0.15, 0.2) is 12.7 Å². The largest absolute Gasteiger partial charge is 0.508 e. The average molecular weight is 213 g/mol. The average Bonchev–Trinajstić information content (AvgIpc) is 2.62. The van der Waals surface area contributed by atoms with Gasteiger partial charge in [0, 0.05) is 0 Å². The second-order valence-corrected chi connectivity index (χ2v) is 3.45. The summed E-state index contributed by atoms with van der Waals surface area (Å²) in [6.45, 7) is 3.50. The van der Waals surface area contributed by atoms with Crippen LogP contribution in [0.4, 0.5) is 4.79 Å². The molecule has 1 rings (SSSR count). The van der Waals surface area contributed by atoms with E-state index < -0.39 is 18.2 Å². The number of carbonyl (C=O) groups excluding carboxylic acids is 2. The van der Waals surface area contributed by atoms with E-state index in [1.165, 1.54) is 6.08 Å². The lowest BCUT2D eigenvalue weighted by atomic mass is 10.1. The molecule has 1 amide bonds. The molecule has 2 N–H and O–H groups in total. The van der Waals surface area contributed by atoms with Gasteiger partial charge in [-0.1, -0.05) is 12.7 Å². The number of hydrogen-bond acceptors (Lipinski definition) is 4. The molecule has 84 valence electrons. The van der Waals surface area contributed by atoms with E-state index in [0.717, 1.165) is 6.42 Å². The van der Waals surface area contributed by atoms with E-state index in [4.69, 9.17) is 10.5 Å². The van der Waals surface area contributed by atoms with Crippen LogP contribution in [0.2, 0.25) is 0 Å². The Morgan fingerprint density at radius 2 is 2.20 bits per heavy atom. The fourth-order valence-corrected chi connectivity index (χ4v) is 1.68. The van der Waals surface area contributed by atoms with E-state index in [9.17, 15) is 9.59 Å². The molecule has 0 aliphatic heterocycles. The number of carbonyl (C=O) groups is 2. The molecule has 0 aromatic rings. The fraction of sp³-hybridized carbons (Fsp3) is 0.600. The Morgan fingerprint density at radius 1 is 1.47 bits per heavy atom. The van der Waals surface area contributed by atoms with Gasteiger partial charge in [-0.2, -0.15) is 0 Å². The molecule has 5 nitrogen and oxygen atoms in total. The van der Waals surface area contributed by atoms with Crippen LogP contribution in [0.5, 0.6) is 0 Å². The second-order valence-electron chi connectivity index (χ2n) is 3.45. The van der Waals surface area contributed by atoms with Crippen LogP contribution in [0.3, 0.4) is 0 Å². The van der Waals surface area contributed by atoms with Gasteiger partial charge in [-0.25, -0.2) is 4.79 Å². The molecular weight excluding hydrogens is 198 g/mol. The number of nitrogens with two attached hydrogens (primary N) is 1. The van der Waals surface area contributed by atoms with E-state index >= 15 is 0 Å². The predicted molar refractivity (Wildman–Crippen MR) is 53.0 cm³/mol. The van der Waals surface area contributed by atoms with E-state index in [0.29, 0.717) is 12.8 Å². The summed E-state index contributed by atoms with van der Waals surface area (Å²) >= 11 is 0. The third kappa shape index (κ3) is 3.27. The van der Waals surface area contributed by atoms with E-state index in [1.807, 2.05) is 0 Å². The molecule has 15 heavy (non-hydrogen) atoms. The third-order valence-electron chi connectivity index (χ3n) is 2.38. The highest BCUT2D eigenvalue weighted by atomic mass is 16.7. The summed E-state index contributed by atoms with van der Waals surface area (Å²) in [4.78, 5) is 22.1. The second kappa shape index (κ2) is 5.38. The quantitative estimate of drug-likeness (QED) is 0.557. The molecule has 0 aromatic heterocycles. The zero-order valence-electron chi connectivity index (χ0n) is 8.48. The third-order valence-corrected chi connectivity index (χ3v) is 2.38. The minimum Gasteiger partial charge on any atom is -0.430 e. The lowest BCUT2D eigenvalue weighted by Crippen LogP contribution is -2.32. The van der Waals surface area contributed by atoms with Gasteiger partial charge in [0.25, 0.3) is 0 Å². The highest BCUT2D eigenvalue weighted by Gasteiger charge is 2.34. The van der Waals surface area contributed by atoms with Crippen LogP contribution < -0.4 is 5.73 Å². The first kappa shape index (κ1) is 11.6. The Bertz CT molecular complexity index is 264. The van der Waals surface area contributed by atoms with Crippen molar-refractivity contribution in [1.82, 2.24) is 0 Å². The molecule has 0 bridgehead atoms. The maximum absolute atomic E-state index is 11.1. The van der Waals surface area contributed by atoms with E-state index in [-0.39, 0.29) is 12.5 Å². The summed E-state index contributed by atoms with van der Waals surface area (Å²) in [6, 6.07) is 0. The van der Waals surface area contributed by atoms with Gasteiger partial charge in [-0.05, 0) is 19.3 Å². The van der Waals surface area contributed by atoms with Crippen LogP contribution in [-0.4, -0.2) is 24.8 Å². The van der Waals surface area contributed by atoms with Gasteiger partial charge in [-0.3, -0.25) is 4.79 Å². The highest BCUT2D eigenvalue weighted by Crippen LogP contribution is 2.28. The number of primary amides is 1. The Labute approximate surface area is 88.2 Å². The Hall–Kier alpha value is -1.52. The summed E-state index contributed by atoms with van der Waals surface area (Å²) in [5, 5.41) is 0. The highest BCUT2D eigenvalue weighted by molar-refractivity contribution is 5.78. The number of amides is 1. The molecular formula is C10H15NO4. The van der Waals surface area contributed by atoms with Crippen molar-refractivity contribution in [3.05, 3.63) is 12.7 Å². The smallest absolute Gasteiger partial charge is 0.430 e. The molecule has 2 atom stereocenters. The van der Waals surface area contributed by atoms with Crippen molar-refractivity contribution in [3.63, 3.8) is 0 Å². The summed E-state index contributed by atoms with van der Waals surface area (Å²) in [7, 11) is 0. The first-order chi connectivity index (χ1) is 7.15. The molecule has 1 saturated carbocycles. The molecule has 1 aliphatic carbocycles. The molecule has 0 heterocycles. The normalized spacial score (nSPS) is 24.5. The van der Waals surface area contributed by atoms with E-state index in [1.54, 1.807) is 0 Å². The summed E-state index contributed by atoms with van der Waals surface area (Å²) in [5.74, 6) is -0.796. The summed E-state index contributed by atoms with van der Waals surface area (Å²) in [5.41, 5.74) is 5.18. The predicted octanol–water partition coefficient (Wildman–Crippen LogP) is 0.980. The summed E-state index contributed by atoms with van der Waals surface area (Å²) in [6.07, 6.45) is 2.42. The lowest BCUT2D eigenvalue weighted by molar-refractivity contribution is -0.124. The number of ether oxygens (including phenoxy) is 2. The van der Waals surface area contributed by atoms with Gasteiger partial charge in [0.1, 0.15) is 12.7 Å². The lowest BCUT2D eigenvalue weighted by Gasteiger charge is -2.16. The SMILES string of the molecule is C=CCOC(=O)O[C@@H]1CCC[C@@H]1C(N)=O. The minimum atomic E-state index is -0.770. The van der Waals surface area contributed by atoms with E-state index in [2.05, 4.69) is 11.3 Å². The Balaban J connectivity index is 2.39. The maximum atomic E-state index is 11.1. The molecule has 0 radical (unpaired) electrons. The van der Waals surface area contributed by atoms with Gasteiger partial charge in [0.05, 0.1) is 5.92 Å². The van der Waals surface area contributed by atoms with Crippen LogP contribution in [-0.2, 0) is 14.3 Å². The maximum Gasteiger partial charge on any atom is 0.508 e. The molecule has 0 aromatic carbocycles. The molecule has 0 saturated heterocycles. The number of rotatable bonds is 4. The van der Waals surface area contributed by atoms with Gasteiger partial charge in [-0.15, -0.1) is 0 Å². The van der Waals surface area contributed by atoms with Crippen molar-refractivity contribution in [2.45, 2.75) is 25.4 Å². The van der Waals surface area contributed by atoms with Crippen molar-refractivity contribution < 1.29 is 19.1 Å². The zero-order valence-corrected chi connectivity index (χ0v) is 8.48. The van der Waals surface area contributed by atoms with Crippen LogP contribution in [0, 0.1) is 5.92 Å². The van der Waals surface area contributed by atoms with Crippen molar-refractivity contribution in [2.75, 3.05) is 6.61 Å². The molecule has 0 unspecified atom stereocenters. The van der Waals surface area contributed by atoms with Crippen molar-refractivity contribution in [1.29, 1.82) is 0 Å².